The maximum absolute atomic E-state index is 12.9. The molecule has 0 saturated heterocycles. The second-order valence-electron chi connectivity index (χ2n) is 20.2. The van der Waals surface area contributed by atoms with Crippen LogP contribution in [0.3, 0.4) is 0 Å². The van der Waals surface area contributed by atoms with Gasteiger partial charge in [0.2, 0.25) is 0 Å². The lowest BCUT2D eigenvalue weighted by Gasteiger charge is -2.18. The summed E-state index contributed by atoms with van der Waals surface area (Å²) in [6.07, 6.45) is 84.3. The smallest absolute Gasteiger partial charge is 0.306 e. The Labute approximate surface area is 447 Å². The van der Waals surface area contributed by atoms with Gasteiger partial charge in [-0.3, -0.25) is 9.59 Å². The van der Waals surface area contributed by atoms with Crippen LogP contribution in [0.25, 0.3) is 0 Å². The van der Waals surface area contributed by atoms with Crippen LogP contribution in [0.15, 0.2) is 97.2 Å². The van der Waals surface area contributed by atoms with Gasteiger partial charge in [0.05, 0.1) is 6.61 Å². The molecule has 0 aliphatic heterocycles. The van der Waals surface area contributed by atoms with Crippen LogP contribution in [0.2, 0.25) is 0 Å². The normalized spacial score (nSPS) is 12.9. The maximum Gasteiger partial charge on any atom is 0.306 e. The van der Waals surface area contributed by atoms with Gasteiger partial charge in [-0.25, -0.2) is 0 Å². The second kappa shape index (κ2) is 62.1. The molecule has 1 unspecified atom stereocenters. The number of hydrogen-bond acceptors (Lipinski definition) is 5. The number of ether oxygens (including phenoxy) is 3. The van der Waals surface area contributed by atoms with E-state index in [2.05, 4.69) is 118 Å². The van der Waals surface area contributed by atoms with Crippen molar-refractivity contribution >= 4 is 11.9 Å². The van der Waals surface area contributed by atoms with Gasteiger partial charge in [-0.2, -0.15) is 0 Å². The first-order chi connectivity index (χ1) is 35.6. The van der Waals surface area contributed by atoms with Crippen LogP contribution in [-0.4, -0.2) is 37.9 Å². The van der Waals surface area contributed by atoms with Gasteiger partial charge in [0.15, 0.2) is 6.10 Å². The van der Waals surface area contributed by atoms with Crippen LogP contribution >= 0.6 is 0 Å². The van der Waals surface area contributed by atoms with Gasteiger partial charge in [-0.1, -0.05) is 246 Å². The van der Waals surface area contributed by atoms with Crippen LogP contribution in [0, 0.1) is 0 Å². The van der Waals surface area contributed by atoms with E-state index in [4.69, 9.17) is 14.2 Å². The molecule has 0 aliphatic rings. The van der Waals surface area contributed by atoms with E-state index in [1.165, 1.54) is 167 Å². The molecule has 0 aromatic rings. The van der Waals surface area contributed by atoms with Gasteiger partial charge in [0.25, 0.3) is 0 Å². The molecule has 0 aromatic carbocycles. The Morgan fingerprint density at radius 1 is 0.306 bits per heavy atom. The monoisotopic (exact) mass is 1000 g/mol. The lowest BCUT2D eigenvalue weighted by molar-refractivity contribution is -0.163. The van der Waals surface area contributed by atoms with Crippen molar-refractivity contribution in [3.63, 3.8) is 0 Å². The van der Waals surface area contributed by atoms with Crippen molar-refractivity contribution in [3.05, 3.63) is 97.2 Å². The quantitative estimate of drug-likeness (QED) is 0.0345. The Hall–Kier alpha value is -3.18. The van der Waals surface area contributed by atoms with Crippen LogP contribution in [0.1, 0.15) is 290 Å². The number of allylic oxidation sites excluding steroid dienone is 16. The van der Waals surface area contributed by atoms with Crippen molar-refractivity contribution < 1.29 is 23.8 Å². The summed E-state index contributed by atoms with van der Waals surface area (Å²) in [7, 11) is 0. The molecule has 1 atom stereocenters. The maximum atomic E-state index is 12.9. The standard InChI is InChI=1S/C67H116O5/c1-4-7-10-13-16-19-22-25-28-31-33-35-38-41-44-47-50-53-56-59-62-70-63-65(72-67(69)61-58-55-52-49-46-43-40-36-30-27-24-21-18-15-12-9-6-3)64-71-66(68)60-57-54-51-48-45-42-39-37-34-32-29-26-23-20-17-14-11-8-5-2/h16-21,25-30,33-35,37,65H,4-15,22-24,31-32,36,38-64H2,1-3H3/b19-16-,20-17-,21-18-,28-25-,29-26-,30-27-,35-33-,37-34-. The second-order valence-corrected chi connectivity index (χ2v) is 20.2. The van der Waals surface area contributed by atoms with Crippen molar-refractivity contribution in [2.75, 3.05) is 19.8 Å². The van der Waals surface area contributed by atoms with E-state index in [9.17, 15) is 9.59 Å². The number of rotatable bonds is 56. The highest BCUT2D eigenvalue weighted by atomic mass is 16.6. The zero-order valence-corrected chi connectivity index (χ0v) is 47.7. The summed E-state index contributed by atoms with van der Waals surface area (Å²) in [5.74, 6) is -0.422. The van der Waals surface area contributed by atoms with Gasteiger partial charge >= 0.3 is 11.9 Å². The van der Waals surface area contributed by atoms with Crippen molar-refractivity contribution in [2.24, 2.45) is 0 Å². The predicted octanol–water partition coefficient (Wildman–Crippen LogP) is 21.4. The lowest BCUT2D eigenvalue weighted by Crippen LogP contribution is -2.30. The van der Waals surface area contributed by atoms with Gasteiger partial charge in [0, 0.05) is 19.4 Å². The first-order valence-electron chi connectivity index (χ1n) is 30.8. The van der Waals surface area contributed by atoms with Crippen molar-refractivity contribution in [1.29, 1.82) is 0 Å². The van der Waals surface area contributed by atoms with Crippen molar-refractivity contribution in [1.82, 2.24) is 0 Å². The van der Waals surface area contributed by atoms with E-state index in [-0.39, 0.29) is 25.2 Å². The number of esters is 2. The molecule has 5 heteroatoms. The summed E-state index contributed by atoms with van der Waals surface area (Å²) in [4.78, 5) is 25.6. The SMILES string of the molecule is CCCCC/C=C\C/C=C\C/C=C\CCCCCCCCCOCC(COC(=O)CCCCCCCC/C=C\C/C=C\C/C=C\CCCCC)OC(=O)CCCCCCCCC/C=C\C/C=C\CCCCC. The fourth-order valence-corrected chi connectivity index (χ4v) is 8.44. The molecule has 0 spiro atoms. The highest BCUT2D eigenvalue weighted by Crippen LogP contribution is 2.14. The summed E-state index contributed by atoms with van der Waals surface area (Å²) in [5, 5.41) is 0. The molecule has 72 heavy (non-hydrogen) atoms. The fraction of sp³-hybridized carbons (Fsp3) is 0.731. The van der Waals surface area contributed by atoms with Gasteiger partial charge in [0.1, 0.15) is 6.61 Å². The summed E-state index contributed by atoms with van der Waals surface area (Å²) >= 11 is 0. The number of carbonyl (C=O) groups excluding carboxylic acids is 2. The average molecular weight is 1000 g/mol. The predicted molar refractivity (Wildman–Crippen MR) is 316 cm³/mol. The average Bonchev–Trinajstić information content (AvgIpc) is 3.38. The summed E-state index contributed by atoms with van der Waals surface area (Å²) < 4.78 is 17.5. The molecular formula is C67H116O5. The lowest BCUT2D eigenvalue weighted by atomic mass is 10.1. The molecule has 0 heterocycles. The van der Waals surface area contributed by atoms with Crippen molar-refractivity contribution in [3.8, 4) is 0 Å². The van der Waals surface area contributed by atoms with Crippen LogP contribution in [-0.2, 0) is 23.8 Å². The number of unbranched alkanes of at least 4 members (excludes halogenated alkanes) is 29. The number of carbonyl (C=O) groups is 2. The van der Waals surface area contributed by atoms with Crippen LogP contribution in [0.5, 0.6) is 0 Å². The van der Waals surface area contributed by atoms with Crippen molar-refractivity contribution in [2.45, 2.75) is 297 Å². The highest BCUT2D eigenvalue weighted by molar-refractivity contribution is 5.70. The van der Waals surface area contributed by atoms with E-state index >= 15 is 0 Å². The van der Waals surface area contributed by atoms with E-state index in [0.29, 0.717) is 19.4 Å². The molecule has 0 bridgehead atoms. The Bertz CT molecular complexity index is 1360. The molecule has 5 nitrogen and oxygen atoms in total. The minimum absolute atomic E-state index is 0.0672. The third kappa shape index (κ3) is 59.4. The Morgan fingerprint density at radius 3 is 0.931 bits per heavy atom. The van der Waals surface area contributed by atoms with E-state index < -0.39 is 6.10 Å². The van der Waals surface area contributed by atoms with Crippen LogP contribution < -0.4 is 0 Å². The summed E-state index contributed by atoms with van der Waals surface area (Å²) in [5.41, 5.74) is 0. The Balaban J connectivity index is 4.35. The van der Waals surface area contributed by atoms with Crippen LogP contribution in [0.4, 0.5) is 0 Å². The van der Waals surface area contributed by atoms with Gasteiger partial charge < -0.3 is 14.2 Å². The summed E-state index contributed by atoms with van der Waals surface area (Å²) in [6, 6.07) is 0. The third-order valence-electron chi connectivity index (χ3n) is 13.1. The minimum atomic E-state index is -0.558. The number of hydrogen-bond donors (Lipinski definition) is 0. The first kappa shape index (κ1) is 68.8. The van der Waals surface area contributed by atoms with E-state index in [0.717, 1.165) is 89.9 Å². The zero-order valence-electron chi connectivity index (χ0n) is 47.7. The zero-order chi connectivity index (χ0) is 52.0. The molecule has 414 valence electrons. The summed E-state index contributed by atoms with van der Waals surface area (Å²) in [6.45, 7) is 7.73. The fourth-order valence-electron chi connectivity index (χ4n) is 8.44. The molecule has 0 rings (SSSR count). The largest absolute Gasteiger partial charge is 0.462 e. The molecule has 0 aromatic heterocycles. The molecule has 0 amide bonds. The highest BCUT2D eigenvalue weighted by Gasteiger charge is 2.17. The Kier molecular flexibility index (Phi) is 59.4. The molecule has 0 aliphatic carbocycles. The topological polar surface area (TPSA) is 61.8 Å². The molecule has 0 saturated carbocycles. The molecule has 0 fully saturated rings. The first-order valence-corrected chi connectivity index (χ1v) is 30.8. The molecular weight excluding hydrogens is 885 g/mol. The third-order valence-corrected chi connectivity index (χ3v) is 13.1. The van der Waals surface area contributed by atoms with E-state index in [1.807, 2.05) is 0 Å². The van der Waals surface area contributed by atoms with E-state index in [1.54, 1.807) is 0 Å². The minimum Gasteiger partial charge on any atom is -0.462 e. The van der Waals surface area contributed by atoms with Gasteiger partial charge in [-0.15, -0.1) is 0 Å². The Morgan fingerprint density at radius 2 is 0.583 bits per heavy atom. The molecule has 0 radical (unpaired) electrons. The van der Waals surface area contributed by atoms with Gasteiger partial charge in [-0.05, 0) is 128 Å². The molecule has 0 N–H and O–H groups in total.